The second kappa shape index (κ2) is 7.63. The van der Waals surface area contributed by atoms with Gasteiger partial charge in [-0.15, -0.1) is 0 Å². The van der Waals surface area contributed by atoms with Crippen LogP contribution in [0.1, 0.15) is 13.8 Å². The molecule has 2 atom stereocenters. The minimum atomic E-state index is -0.0353. The Balaban J connectivity index is 2.25. The predicted octanol–water partition coefficient (Wildman–Crippen LogP) is -0.321. The van der Waals surface area contributed by atoms with Gasteiger partial charge in [0.25, 0.3) is 0 Å². The van der Waals surface area contributed by atoms with E-state index in [0.29, 0.717) is 19.1 Å². The third-order valence-corrected chi connectivity index (χ3v) is 3.15. The van der Waals surface area contributed by atoms with Gasteiger partial charge >= 0.3 is 0 Å². The predicted molar refractivity (Wildman–Crippen MR) is 68.0 cm³/mol. The molecule has 0 aromatic rings. The summed E-state index contributed by atoms with van der Waals surface area (Å²) in [6, 6.07) is -0.0353. The van der Waals surface area contributed by atoms with Crippen LogP contribution in [0.2, 0.25) is 0 Å². The molecular formula is C12H25N3O2. The van der Waals surface area contributed by atoms with Gasteiger partial charge in [-0.3, -0.25) is 9.69 Å². The molecule has 1 saturated heterocycles. The highest BCUT2D eigenvalue weighted by molar-refractivity contribution is 5.81. The highest BCUT2D eigenvalue weighted by Gasteiger charge is 2.22. The number of rotatable bonds is 6. The average Bonchev–Trinajstić information content (AvgIpc) is 2.36. The van der Waals surface area contributed by atoms with Crippen LogP contribution < -0.4 is 10.6 Å². The van der Waals surface area contributed by atoms with E-state index in [1.165, 1.54) is 0 Å². The molecule has 0 spiro atoms. The summed E-state index contributed by atoms with van der Waals surface area (Å²) >= 11 is 0. The topological polar surface area (TPSA) is 53.6 Å². The average molecular weight is 243 g/mol. The molecule has 1 heterocycles. The first-order chi connectivity index (χ1) is 8.15. The molecule has 1 fully saturated rings. The lowest BCUT2D eigenvalue weighted by Gasteiger charge is -2.32. The maximum atomic E-state index is 11.9. The first kappa shape index (κ1) is 14.4. The second-order valence-corrected chi connectivity index (χ2v) is 4.77. The summed E-state index contributed by atoms with van der Waals surface area (Å²) in [5.41, 5.74) is 0. The van der Waals surface area contributed by atoms with Gasteiger partial charge in [0.1, 0.15) is 0 Å². The fourth-order valence-electron chi connectivity index (χ4n) is 2.00. The highest BCUT2D eigenvalue weighted by Crippen LogP contribution is 2.01. The molecule has 1 aliphatic rings. The highest BCUT2D eigenvalue weighted by atomic mass is 16.5. The Hall–Kier alpha value is -0.650. The van der Waals surface area contributed by atoms with E-state index < -0.39 is 0 Å². The molecule has 0 saturated carbocycles. The summed E-state index contributed by atoms with van der Waals surface area (Å²) in [4.78, 5) is 14.2. The summed E-state index contributed by atoms with van der Waals surface area (Å²) in [7, 11) is 1.68. The Morgan fingerprint density at radius 3 is 2.65 bits per heavy atom. The summed E-state index contributed by atoms with van der Waals surface area (Å²) in [6.07, 6.45) is 0. The number of nitrogens with one attached hydrogen (secondary N) is 2. The molecule has 0 radical (unpaired) electrons. The lowest BCUT2D eigenvalue weighted by molar-refractivity contribution is -0.126. The molecule has 0 aromatic heterocycles. The van der Waals surface area contributed by atoms with Gasteiger partial charge in [0.05, 0.1) is 12.6 Å². The summed E-state index contributed by atoms with van der Waals surface area (Å²) in [5.74, 6) is 0.481. The fourth-order valence-corrected chi connectivity index (χ4v) is 2.00. The van der Waals surface area contributed by atoms with Crippen LogP contribution in [0.25, 0.3) is 0 Å². The molecule has 0 bridgehead atoms. The molecule has 1 aliphatic heterocycles. The molecule has 1 amide bonds. The lowest BCUT2D eigenvalue weighted by atomic mass is 10.2. The van der Waals surface area contributed by atoms with Crippen molar-refractivity contribution in [3.8, 4) is 0 Å². The molecule has 1 rings (SSSR count). The number of hydrogen-bond acceptors (Lipinski definition) is 4. The van der Waals surface area contributed by atoms with E-state index in [-0.39, 0.29) is 11.9 Å². The van der Waals surface area contributed by atoms with Crippen molar-refractivity contribution in [3.63, 3.8) is 0 Å². The Morgan fingerprint density at radius 2 is 2.06 bits per heavy atom. The maximum absolute atomic E-state index is 11.9. The number of hydrogen-bond donors (Lipinski definition) is 2. The summed E-state index contributed by atoms with van der Waals surface area (Å²) < 4.78 is 5.04. The van der Waals surface area contributed by atoms with E-state index in [1.807, 2.05) is 6.92 Å². The Kier molecular flexibility index (Phi) is 6.47. The Labute approximate surface area is 104 Å². The quantitative estimate of drug-likeness (QED) is 0.671. The maximum Gasteiger partial charge on any atom is 0.237 e. The van der Waals surface area contributed by atoms with Crippen LogP contribution in [-0.4, -0.2) is 63.3 Å². The van der Waals surface area contributed by atoms with Crippen molar-refractivity contribution in [1.82, 2.24) is 15.5 Å². The van der Waals surface area contributed by atoms with Gasteiger partial charge in [0, 0.05) is 39.8 Å². The van der Waals surface area contributed by atoms with E-state index >= 15 is 0 Å². The van der Waals surface area contributed by atoms with E-state index in [4.69, 9.17) is 4.74 Å². The van der Waals surface area contributed by atoms with E-state index in [0.717, 1.165) is 26.2 Å². The summed E-state index contributed by atoms with van der Waals surface area (Å²) in [6.45, 7) is 9.24. The normalized spacial score (nSPS) is 20.9. The van der Waals surface area contributed by atoms with Crippen LogP contribution in [0, 0.1) is 5.92 Å². The largest absolute Gasteiger partial charge is 0.384 e. The van der Waals surface area contributed by atoms with Crippen LogP contribution >= 0.6 is 0 Å². The number of carbonyl (C=O) groups excluding carboxylic acids is 1. The second-order valence-electron chi connectivity index (χ2n) is 4.77. The van der Waals surface area contributed by atoms with Crippen LogP contribution in [0.15, 0.2) is 0 Å². The molecule has 2 unspecified atom stereocenters. The van der Waals surface area contributed by atoms with Crippen molar-refractivity contribution in [2.45, 2.75) is 19.9 Å². The van der Waals surface area contributed by atoms with Crippen LogP contribution in [0.4, 0.5) is 0 Å². The molecular weight excluding hydrogens is 218 g/mol. The van der Waals surface area contributed by atoms with Gasteiger partial charge in [-0.1, -0.05) is 6.92 Å². The number of amides is 1. The van der Waals surface area contributed by atoms with Crippen molar-refractivity contribution < 1.29 is 9.53 Å². The molecule has 17 heavy (non-hydrogen) atoms. The number of methoxy groups -OCH3 is 1. The van der Waals surface area contributed by atoms with Crippen molar-refractivity contribution in [1.29, 1.82) is 0 Å². The number of ether oxygens (including phenoxy) is 1. The zero-order valence-electron chi connectivity index (χ0n) is 11.2. The van der Waals surface area contributed by atoms with Crippen molar-refractivity contribution >= 4 is 5.91 Å². The number of carbonyl (C=O) groups is 1. The van der Waals surface area contributed by atoms with Crippen molar-refractivity contribution in [3.05, 3.63) is 0 Å². The molecule has 100 valence electrons. The SMILES string of the molecule is COCC(C)CNC(=O)C(C)N1CCNCC1. The van der Waals surface area contributed by atoms with Gasteiger partial charge < -0.3 is 15.4 Å². The van der Waals surface area contributed by atoms with E-state index in [1.54, 1.807) is 7.11 Å². The number of nitrogens with zero attached hydrogens (tertiary/aromatic N) is 1. The van der Waals surface area contributed by atoms with Gasteiger partial charge in [0.2, 0.25) is 5.91 Å². The zero-order chi connectivity index (χ0) is 12.7. The minimum Gasteiger partial charge on any atom is -0.384 e. The minimum absolute atomic E-state index is 0.0353. The van der Waals surface area contributed by atoms with Crippen molar-refractivity contribution in [2.75, 3.05) is 46.4 Å². The van der Waals surface area contributed by atoms with Gasteiger partial charge in [-0.05, 0) is 12.8 Å². The standard InChI is InChI=1S/C12H25N3O2/c1-10(9-17-3)8-14-12(16)11(2)15-6-4-13-5-7-15/h10-11,13H,4-9H2,1-3H3,(H,14,16). The van der Waals surface area contributed by atoms with Crippen molar-refractivity contribution in [2.24, 2.45) is 5.92 Å². The van der Waals surface area contributed by atoms with Crippen LogP contribution in [0.5, 0.6) is 0 Å². The Morgan fingerprint density at radius 1 is 1.41 bits per heavy atom. The molecule has 5 nitrogen and oxygen atoms in total. The first-order valence-electron chi connectivity index (χ1n) is 6.36. The fraction of sp³-hybridized carbons (Fsp3) is 0.917. The zero-order valence-corrected chi connectivity index (χ0v) is 11.2. The lowest BCUT2D eigenvalue weighted by Crippen LogP contribution is -2.53. The van der Waals surface area contributed by atoms with Crippen LogP contribution in [0.3, 0.4) is 0 Å². The molecule has 5 heteroatoms. The third-order valence-electron chi connectivity index (χ3n) is 3.15. The summed E-state index contributed by atoms with van der Waals surface area (Å²) in [5, 5.41) is 6.27. The van der Waals surface area contributed by atoms with Crippen LogP contribution in [-0.2, 0) is 9.53 Å². The molecule has 0 aliphatic carbocycles. The van der Waals surface area contributed by atoms with Gasteiger partial charge in [-0.2, -0.15) is 0 Å². The van der Waals surface area contributed by atoms with E-state index in [2.05, 4.69) is 22.5 Å². The number of piperazine rings is 1. The molecule has 0 aromatic carbocycles. The van der Waals surface area contributed by atoms with E-state index in [9.17, 15) is 4.79 Å². The van der Waals surface area contributed by atoms with Gasteiger partial charge in [0.15, 0.2) is 0 Å². The van der Waals surface area contributed by atoms with Gasteiger partial charge in [-0.25, -0.2) is 0 Å². The monoisotopic (exact) mass is 243 g/mol. The smallest absolute Gasteiger partial charge is 0.237 e. The molecule has 2 N–H and O–H groups in total. The first-order valence-corrected chi connectivity index (χ1v) is 6.36. The Bertz CT molecular complexity index is 230. The third kappa shape index (κ3) is 5.02.